The highest BCUT2D eigenvalue weighted by atomic mass is 16.1. The maximum atomic E-state index is 12.6. The second-order valence-corrected chi connectivity index (χ2v) is 9.45. The monoisotopic (exact) mass is 476 g/mol. The Bertz CT molecular complexity index is 1070. The van der Waals surface area contributed by atoms with Gasteiger partial charge in [-0.3, -0.25) is 15.1 Å². The van der Waals surface area contributed by atoms with E-state index in [0.717, 1.165) is 69.4 Å². The molecule has 1 amide bonds. The molecule has 9 nitrogen and oxygen atoms in total. The highest BCUT2D eigenvalue weighted by Crippen LogP contribution is 2.24. The molecule has 2 aromatic rings. The Morgan fingerprint density at radius 3 is 2.69 bits per heavy atom. The number of hydrogen-bond donors (Lipinski definition) is 5. The van der Waals surface area contributed by atoms with Gasteiger partial charge >= 0.3 is 0 Å². The molecule has 2 heterocycles. The molecule has 35 heavy (non-hydrogen) atoms. The summed E-state index contributed by atoms with van der Waals surface area (Å²) >= 11 is 0. The predicted octanol–water partition coefficient (Wildman–Crippen LogP) is 3.02. The first-order valence-electron chi connectivity index (χ1n) is 12.5. The average Bonchev–Trinajstić information content (AvgIpc) is 3.34. The first-order valence-corrected chi connectivity index (χ1v) is 12.5. The van der Waals surface area contributed by atoms with E-state index in [4.69, 9.17) is 21.9 Å². The fourth-order valence-corrected chi connectivity index (χ4v) is 4.83. The first-order chi connectivity index (χ1) is 17.0. The molecule has 0 spiro atoms. The Morgan fingerprint density at radius 2 is 1.94 bits per heavy atom. The van der Waals surface area contributed by atoms with Crippen LogP contribution < -0.4 is 16.8 Å². The quantitative estimate of drug-likeness (QED) is 0.322. The van der Waals surface area contributed by atoms with Crippen molar-refractivity contribution >= 4 is 29.6 Å². The van der Waals surface area contributed by atoms with E-state index >= 15 is 0 Å². The third-order valence-electron chi connectivity index (χ3n) is 6.87. The van der Waals surface area contributed by atoms with E-state index in [1.54, 1.807) is 12.1 Å². The number of nitrogens with one attached hydrogen (secondary N) is 3. The average molecular weight is 477 g/mol. The molecule has 1 aromatic carbocycles. The van der Waals surface area contributed by atoms with E-state index in [0.29, 0.717) is 17.1 Å². The van der Waals surface area contributed by atoms with Crippen molar-refractivity contribution in [3.05, 3.63) is 53.3 Å². The smallest absolute Gasteiger partial charge is 0.228 e. The van der Waals surface area contributed by atoms with E-state index in [-0.39, 0.29) is 23.7 Å². The molecule has 1 saturated heterocycles. The molecule has 4 rings (SSSR count). The Hall–Kier alpha value is -3.30. The molecular formula is C26H36N8O. The number of aromatic nitrogens is 1. The van der Waals surface area contributed by atoms with Crippen molar-refractivity contribution in [3.8, 4) is 0 Å². The number of rotatable bonds is 6. The molecule has 186 valence electrons. The van der Waals surface area contributed by atoms with E-state index < -0.39 is 0 Å². The van der Waals surface area contributed by atoms with Crippen molar-refractivity contribution in [2.75, 3.05) is 13.1 Å². The number of nitrogens with zero attached hydrogens (tertiary/aromatic N) is 3. The van der Waals surface area contributed by atoms with Crippen molar-refractivity contribution in [3.63, 3.8) is 0 Å². The van der Waals surface area contributed by atoms with Crippen molar-refractivity contribution in [1.82, 2.24) is 15.2 Å². The summed E-state index contributed by atoms with van der Waals surface area (Å²) in [6, 6.07) is 9.58. The highest BCUT2D eigenvalue weighted by molar-refractivity contribution is 6.07. The largest absolute Gasteiger partial charge is 0.390 e. The van der Waals surface area contributed by atoms with E-state index in [9.17, 15) is 4.79 Å². The fraction of sp³-hybridized carbons (Fsp3) is 0.462. The van der Waals surface area contributed by atoms with Gasteiger partial charge < -0.3 is 21.8 Å². The number of H-pyrrole nitrogens is 1. The molecule has 0 unspecified atom stereocenters. The minimum Gasteiger partial charge on any atom is -0.390 e. The van der Waals surface area contributed by atoms with Crippen LogP contribution >= 0.6 is 0 Å². The fourth-order valence-electron chi connectivity index (χ4n) is 4.83. The molecule has 1 aliphatic heterocycles. The molecule has 9 heteroatoms. The SMILES string of the molecule is N=C(NC(=O)C1CCCCC1)c1cccc(N=C(N=CN)c2[nH]ccc2CN2CCC(N)CC2)c1. The molecular weight excluding hydrogens is 440 g/mol. The van der Waals surface area contributed by atoms with Gasteiger partial charge in [-0.2, -0.15) is 0 Å². The van der Waals surface area contributed by atoms with Crippen LogP contribution in [0.2, 0.25) is 0 Å². The van der Waals surface area contributed by atoms with Crippen LogP contribution in [-0.2, 0) is 11.3 Å². The number of carbonyl (C=O) groups is 1. The van der Waals surface area contributed by atoms with Crippen LogP contribution in [0.4, 0.5) is 5.69 Å². The molecule has 0 radical (unpaired) electrons. The van der Waals surface area contributed by atoms with Crippen LogP contribution in [0.5, 0.6) is 0 Å². The van der Waals surface area contributed by atoms with Crippen LogP contribution in [0.25, 0.3) is 0 Å². The van der Waals surface area contributed by atoms with Crippen LogP contribution in [0.15, 0.2) is 46.5 Å². The van der Waals surface area contributed by atoms with Crippen LogP contribution in [-0.4, -0.2) is 52.9 Å². The minimum atomic E-state index is -0.0632. The van der Waals surface area contributed by atoms with Crippen LogP contribution in [0.1, 0.15) is 61.8 Å². The van der Waals surface area contributed by atoms with Gasteiger partial charge in [0.15, 0.2) is 5.84 Å². The van der Waals surface area contributed by atoms with Gasteiger partial charge in [-0.15, -0.1) is 0 Å². The van der Waals surface area contributed by atoms with Gasteiger partial charge in [0.25, 0.3) is 0 Å². The minimum absolute atomic E-state index is 0.00209. The Morgan fingerprint density at radius 1 is 1.17 bits per heavy atom. The summed E-state index contributed by atoms with van der Waals surface area (Å²) in [5, 5.41) is 11.2. The number of aromatic amines is 1. The summed E-state index contributed by atoms with van der Waals surface area (Å²) in [5.74, 6) is 0.492. The maximum absolute atomic E-state index is 12.6. The lowest BCUT2D eigenvalue weighted by molar-refractivity contribution is -0.124. The summed E-state index contributed by atoms with van der Waals surface area (Å²) in [5.41, 5.74) is 14.8. The molecule has 2 fully saturated rings. The van der Waals surface area contributed by atoms with Gasteiger partial charge in [-0.05, 0) is 62.5 Å². The van der Waals surface area contributed by atoms with Gasteiger partial charge in [0.2, 0.25) is 5.91 Å². The lowest BCUT2D eigenvalue weighted by Crippen LogP contribution is -2.39. The molecule has 2 aliphatic rings. The lowest BCUT2D eigenvalue weighted by Gasteiger charge is -2.30. The number of carbonyl (C=O) groups excluding carboxylic acids is 1. The molecule has 0 atom stereocenters. The number of benzene rings is 1. The lowest BCUT2D eigenvalue weighted by atomic mass is 9.88. The Balaban J connectivity index is 1.49. The predicted molar refractivity (Wildman–Crippen MR) is 140 cm³/mol. The number of likely N-dealkylation sites (tertiary alicyclic amines) is 1. The maximum Gasteiger partial charge on any atom is 0.228 e. The van der Waals surface area contributed by atoms with Gasteiger partial charge in [0, 0.05) is 30.3 Å². The van der Waals surface area contributed by atoms with Crippen molar-refractivity contribution in [2.24, 2.45) is 27.4 Å². The normalized spacial score (nSPS) is 18.7. The summed E-state index contributed by atoms with van der Waals surface area (Å²) in [4.78, 5) is 27.3. The summed E-state index contributed by atoms with van der Waals surface area (Å²) in [7, 11) is 0. The topological polar surface area (TPSA) is 149 Å². The Labute approximate surface area is 206 Å². The van der Waals surface area contributed by atoms with E-state index in [1.807, 2.05) is 24.4 Å². The number of amides is 1. The second-order valence-electron chi connectivity index (χ2n) is 9.45. The zero-order chi connectivity index (χ0) is 24.6. The number of hydrogen-bond acceptors (Lipinski definition) is 5. The zero-order valence-electron chi connectivity index (χ0n) is 20.2. The van der Waals surface area contributed by atoms with E-state index in [1.165, 1.54) is 12.8 Å². The van der Waals surface area contributed by atoms with Crippen molar-refractivity contribution < 1.29 is 4.79 Å². The van der Waals surface area contributed by atoms with Crippen molar-refractivity contribution in [2.45, 2.75) is 57.5 Å². The molecule has 1 saturated carbocycles. The van der Waals surface area contributed by atoms with Crippen molar-refractivity contribution in [1.29, 1.82) is 5.41 Å². The molecule has 7 N–H and O–H groups in total. The zero-order valence-corrected chi connectivity index (χ0v) is 20.2. The van der Waals surface area contributed by atoms with Crippen LogP contribution in [0, 0.1) is 11.3 Å². The molecule has 0 bridgehead atoms. The third kappa shape index (κ3) is 6.64. The highest BCUT2D eigenvalue weighted by Gasteiger charge is 2.22. The summed E-state index contributed by atoms with van der Waals surface area (Å²) in [6.45, 7) is 2.72. The summed E-state index contributed by atoms with van der Waals surface area (Å²) in [6.07, 6.45) is 10.2. The summed E-state index contributed by atoms with van der Waals surface area (Å²) < 4.78 is 0. The number of aliphatic imine (C=N–C) groups is 2. The Kier molecular flexibility index (Phi) is 8.44. The van der Waals surface area contributed by atoms with Gasteiger partial charge in [-0.25, -0.2) is 9.98 Å². The molecule has 1 aromatic heterocycles. The van der Waals surface area contributed by atoms with Crippen LogP contribution in [0.3, 0.4) is 0 Å². The molecule has 1 aliphatic carbocycles. The first kappa shape index (κ1) is 24.8. The number of nitrogens with two attached hydrogens (primary N) is 2. The van der Waals surface area contributed by atoms with Gasteiger partial charge in [0.1, 0.15) is 5.84 Å². The van der Waals surface area contributed by atoms with Gasteiger partial charge in [0.05, 0.1) is 17.7 Å². The van der Waals surface area contributed by atoms with E-state index in [2.05, 4.69) is 20.2 Å². The standard InChI is InChI=1S/C26H36N8O/c27-17-31-25(23-20(9-12-30-23)16-34-13-10-21(28)11-14-34)32-22-8-4-7-19(15-22)24(29)33-26(35)18-5-2-1-3-6-18/h4,7-9,12,15,17-18,21,30H,1-3,5-6,10-11,13-14,16,28H2,(H2,27,31,32)(H2,29,33,35). The third-order valence-corrected chi connectivity index (χ3v) is 6.87. The second kappa shape index (κ2) is 11.9. The van der Waals surface area contributed by atoms with Gasteiger partial charge in [-0.1, -0.05) is 31.4 Å². The number of piperidine rings is 1. The number of amidine groups is 2.